The lowest BCUT2D eigenvalue weighted by atomic mass is 9.46. The summed E-state index contributed by atoms with van der Waals surface area (Å²) >= 11 is 0. The molecule has 0 radical (unpaired) electrons. The van der Waals surface area contributed by atoms with Gasteiger partial charge in [-0.15, -0.1) is 0 Å². The maximum atomic E-state index is 14.4. The van der Waals surface area contributed by atoms with Gasteiger partial charge in [-0.1, -0.05) is 60.1 Å². The molecule has 40 heavy (non-hydrogen) atoms. The Bertz CT molecular complexity index is 1390. The van der Waals surface area contributed by atoms with E-state index in [1.165, 1.54) is 0 Å². The monoisotopic (exact) mass is 548 g/mol. The molecule has 0 fully saturated rings. The van der Waals surface area contributed by atoms with E-state index in [-0.39, 0.29) is 52.8 Å². The number of aliphatic hydroxyl groups is 2. The lowest BCUT2D eigenvalue weighted by Crippen LogP contribution is -2.63. The van der Waals surface area contributed by atoms with Crippen LogP contribution in [0.1, 0.15) is 120 Å². The number of rotatable bonds is 8. The molecular formula is C34H44O6. The fraction of sp³-hybridized carbons (Fsp3) is 0.559. The molecule has 0 amide bonds. The molecule has 3 aliphatic carbocycles. The third kappa shape index (κ3) is 4.30. The summed E-state index contributed by atoms with van der Waals surface area (Å²) in [5, 5.41) is 34.5. The number of carbonyl (C=O) groups is 3. The number of ketones is 3. The number of benzene rings is 1. The van der Waals surface area contributed by atoms with E-state index in [1.807, 2.05) is 26.8 Å². The number of phenolic OH excluding ortho intramolecular Hbond substituents is 1. The maximum Gasteiger partial charge on any atom is 0.202 e. The summed E-state index contributed by atoms with van der Waals surface area (Å²) in [4.78, 5) is 41.0. The first kappa shape index (κ1) is 30.0. The molecule has 216 valence electrons. The molecule has 0 heterocycles. The Morgan fingerprint density at radius 3 is 2.35 bits per heavy atom. The normalized spacial score (nSPS) is 28.0. The van der Waals surface area contributed by atoms with Crippen LogP contribution in [-0.2, 0) is 22.4 Å². The highest BCUT2D eigenvalue weighted by atomic mass is 16.3. The predicted molar refractivity (Wildman–Crippen MR) is 156 cm³/mol. The molecule has 0 aliphatic heterocycles. The van der Waals surface area contributed by atoms with Gasteiger partial charge in [-0.3, -0.25) is 14.4 Å². The second-order valence-corrected chi connectivity index (χ2v) is 13.3. The zero-order valence-corrected chi connectivity index (χ0v) is 25.1. The van der Waals surface area contributed by atoms with Crippen LogP contribution in [-0.4, -0.2) is 38.3 Å². The van der Waals surface area contributed by atoms with Crippen LogP contribution in [0.5, 0.6) is 5.75 Å². The quantitative estimate of drug-likeness (QED) is 0.309. The van der Waals surface area contributed by atoms with Crippen molar-refractivity contribution in [1.82, 2.24) is 0 Å². The number of phenols is 1. The van der Waals surface area contributed by atoms with Gasteiger partial charge in [-0.2, -0.15) is 0 Å². The van der Waals surface area contributed by atoms with Gasteiger partial charge >= 0.3 is 0 Å². The first-order chi connectivity index (χ1) is 18.5. The predicted octanol–water partition coefficient (Wildman–Crippen LogP) is 6.77. The van der Waals surface area contributed by atoms with Crippen LogP contribution in [0.3, 0.4) is 0 Å². The first-order valence-corrected chi connectivity index (χ1v) is 14.5. The fourth-order valence-corrected chi connectivity index (χ4v) is 7.87. The number of aromatic hydroxyl groups is 1. The SMILES string of the molecule is C=C(C)C1=C(O)C[C@@]2(C)C[C@@]3(C)Cc4c(C(C)C)cc(CC(=O)CCCCC)c(O)c4C(=O)C3=C(C)[C@@]2(O)C1=O. The minimum atomic E-state index is -2.00. The van der Waals surface area contributed by atoms with Crippen LogP contribution in [0, 0.1) is 10.8 Å². The Labute approximate surface area is 237 Å². The van der Waals surface area contributed by atoms with Crippen molar-refractivity contribution in [3.05, 3.63) is 63.0 Å². The van der Waals surface area contributed by atoms with Crippen LogP contribution in [0.15, 0.2) is 40.7 Å². The Balaban J connectivity index is 1.91. The third-order valence-corrected chi connectivity index (χ3v) is 9.61. The molecule has 0 saturated heterocycles. The smallest absolute Gasteiger partial charge is 0.202 e. The lowest BCUT2D eigenvalue weighted by Gasteiger charge is -2.57. The molecular weight excluding hydrogens is 504 g/mol. The van der Waals surface area contributed by atoms with Gasteiger partial charge in [0.15, 0.2) is 11.4 Å². The van der Waals surface area contributed by atoms with Gasteiger partial charge in [0.25, 0.3) is 0 Å². The number of hydrogen-bond donors (Lipinski definition) is 3. The summed E-state index contributed by atoms with van der Waals surface area (Å²) in [5.74, 6) is -1.23. The molecule has 6 nitrogen and oxygen atoms in total. The molecule has 0 aromatic heterocycles. The second kappa shape index (κ2) is 10.1. The van der Waals surface area contributed by atoms with Crippen molar-refractivity contribution < 1.29 is 29.7 Å². The summed E-state index contributed by atoms with van der Waals surface area (Å²) < 4.78 is 0. The lowest BCUT2D eigenvalue weighted by molar-refractivity contribution is -0.150. The summed E-state index contributed by atoms with van der Waals surface area (Å²) in [6.45, 7) is 17.0. The van der Waals surface area contributed by atoms with Crippen molar-refractivity contribution in [1.29, 1.82) is 0 Å². The first-order valence-electron chi connectivity index (χ1n) is 14.5. The Morgan fingerprint density at radius 1 is 1.12 bits per heavy atom. The van der Waals surface area contributed by atoms with Gasteiger partial charge in [0, 0.05) is 41.2 Å². The van der Waals surface area contributed by atoms with Crippen molar-refractivity contribution in [3.8, 4) is 5.75 Å². The number of unbranched alkanes of at least 4 members (excludes halogenated alkanes) is 2. The van der Waals surface area contributed by atoms with E-state index in [0.717, 1.165) is 30.4 Å². The van der Waals surface area contributed by atoms with E-state index in [1.54, 1.807) is 20.8 Å². The molecule has 1 aromatic carbocycles. The number of allylic oxidation sites excluding steroid dienone is 3. The fourth-order valence-electron chi connectivity index (χ4n) is 7.87. The van der Waals surface area contributed by atoms with E-state index in [4.69, 9.17) is 0 Å². The van der Waals surface area contributed by atoms with Crippen LogP contribution >= 0.6 is 0 Å². The molecule has 3 N–H and O–H groups in total. The van der Waals surface area contributed by atoms with Gasteiger partial charge in [0.05, 0.1) is 11.1 Å². The third-order valence-electron chi connectivity index (χ3n) is 9.61. The number of hydrogen-bond acceptors (Lipinski definition) is 6. The highest BCUT2D eigenvalue weighted by Gasteiger charge is 2.65. The van der Waals surface area contributed by atoms with Crippen molar-refractivity contribution in [2.45, 2.75) is 111 Å². The summed E-state index contributed by atoms with van der Waals surface area (Å²) in [7, 11) is 0. The zero-order chi connectivity index (χ0) is 29.9. The molecule has 0 saturated carbocycles. The topological polar surface area (TPSA) is 112 Å². The summed E-state index contributed by atoms with van der Waals surface area (Å²) in [6.07, 6.45) is 4.06. The second-order valence-electron chi connectivity index (χ2n) is 13.3. The van der Waals surface area contributed by atoms with Crippen LogP contribution in [0.25, 0.3) is 0 Å². The highest BCUT2D eigenvalue weighted by Crippen LogP contribution is 2.63. The van der Waals surface area contributed by atoms with Crippen molar-refractivity contribution in [2.24, 2.45) is 10.8 Å². The summed E-state index contributed by atoms with van der Waals surface area (Å²) in [5.41, 5.74) is -0.479. The molecule has 3 atom stereocenters. The standard InChI is InChI=1S/C34H44O6/c1-9-10-11-12-22(35)13-21-14-23(18(2)3)24-15-32(7)17-33(8)16-25(36)26(19(4)5)31(39)34(33,40)20(6)28(32)30(38)27(24)29(21)37/h14,18,36-37,40H,4,9-13,15-17H2,1-3,5-8H3/t32-,33+,34-/m1/s1. The van der Waals surface area contributed by atoms with E-state index in [0.29, 0.717) is 36.0 Å². The molecule has 0 bridgehead atoms. The van der Waals surface area contributed by atoms with Crippen molar-refractivity contribution in [3.63, 3.8) is 0 Å². The van der Waals surface area contributed by atoms with Crippen LogP contribution < -0.4 is 0 Å². The van der Waals surface area contributed by atoms with Gasteiger partial charge in [0.2, 0.25) is 5.78 Å². The van der Waals surface area contributed by atoms with Crippen molar-refractivity contribution >= 4 is 17.3 Å². The molecule has 0 spiro atoms. The van der Waals surface area contributed by atoms with Gasteiger partial charge in [-0.05, 0) is 61.3 Å². The number of fused-ring (bicyclic) bond motifs is 3. The Hall–Kier alpha value is -2.99. The van der Waals surface area contributed by atoms with Crippen LogP contribution in [0.2, 0.25) is 0 Å². The van der Waals surface area contributed by atoms with E-state index >= 15 is 0 Å². The minimum Gasteiger partial charge on any atom is -0.512 e. The van der Waals surface area contributed by atoms with Crippen LogP contribution in [0.4, 0.5) is 0 Å². The number of Topliss-reactive ketones (excluding diaryl/α,β-unsaturated/α-hetero) is 3. The number of carbonyl (C=O) groups excluding carboxylic acids is 3. The van der Waals surface area contributed by atoms with E-state index < -0.39 is 28.0 Å². The van der Waals surface area contributed by atoms with Gasteiger partial charge in [-0.25, -0.2) is 0 Å². The van der Waals surface area contributed by atoms with Crippen molar-refractivity contribution in [2.75, 3.05) is 0 Å². The van der Waals surface area contributed by atoms with E-state index in [2.05, 4.69) is 13.5 Å². The average Bonchev–Trinajstić information content (AvgIpc) is 2.82. The molecule has 6 heteroatoms. The summed E-state index contributed by atoms with van der Waals surface area (Å²) in [6, 6.07) is 1.88. The largest absolute Gasteiger partial charge is 0.512 e. The maximum absolute atomic E-state index is 14.4. The molecule has 1 aromatic rings. The van der Waals surface area contributed by atoms with Gasteiger partial charge < -0.3 is 15.3 Å². The Kier molecular flexibility index (Phi) is 7.59. The average molecular weight is 549 g/mol. The molecule has 4 rings (SSSR count). The van der Waals surface area contributed by atoms with E-state index in [9.17, 15) is 29.7 Å². The van der Waals surface area contributed by atoms with Gasteiger partial charge in [0.1, 0.15) is 17.3 Å². The molecule has 0 unspecified atom stereocenters. The molecule has 3 aliphatic rings. The zero-order valence-electron chi connectivity index (χ0n) is 25.1. The Morgan fingerprint density at radius 2 is 1.77 bits per heavy atom. The minimum absolute atomic E-state index is 0.0148. The number of aliphatic hydroxyl groups excluding tert-OH is 1. The highest BCUT2D eigenvalue weighted by molar-refractivity contribution is 6.17.